The first-order chi connectivity index (χ1) is 7.98. The van der Waals surface area contributed by atoms with Crippen molar-refractivity contribution in [1.82, 2.24) is 15.1 Å². The van der Waals surface area contributed by atoms with Gasteiger partial charge < -0.3 is 15.4 Å². The summed E-state index contributed by atoms with van der Waals surface area (Å²) in [4.78, 5) is 13.9. The van der Waals surface area contributed by atoms with E-state index in [1.165, 1.54) is 0 Å². The molecule has 0 bridgehead atoms. The predicted molar refractivity (Wildman–Crippen MR) is 62.4 cm³/mol. The van der Waals surface area contributed by atoms with Crippen LogP contribution in [0.2, 0.25) is 0 Å². The quantitative estimate of drug-likeness (QED) is 0.759. The summed E-state index contributed by atoms with van der Waals surface area (Å²) in [6, 6.07) is 3.17. The summed E-state index contributed by atoms with van der Waals surface area (Å²) in [5, 5.41) is 7.47. The summed E-state index contributed by atoms with van der Waals surface area (Å²) in [6.45, 7) is 5.59. The minimum atomic E-state index is -0.310. The summed E-state index contributed by atoms with van der Waals surface area (Å²) >= 11 is 0. The standard InChI is InChI=1S/C11H16N4O2/c1-11(2)7-15(5-6-17-11)10(16)8-3-4-9(12)14-13-8/h3-4H,5-7H2,1-2H3,(H2,12,14). The summed E-state index contributed by atoms with van der Waals surface area (Å²) in [6.07, 6.45) is 0. The van der Waals surface area contributed by atoms with E-state index in [0.29, 0.717) is 31.2 Å². The second kappa shape index (κ2) is 4.29. The van der Waals surface area contributed by atoms with Crippen molar-refractivity contribution in [2.45, 2.75) is 19.4 Å². The summed E-state index contributed by atoms with van der Waals surface area (Å²) in [5.74, 6) is 0.178. The van der Waals surface area contributed by atoms with Crippen LogP contribution in [-0.2, 0) is 4.74 Å². The molecule has 2 heterocycles. The van der Waals surface area contributed by atoms with Gasteiger partial charge in [0, 0.05) is 13.1 Å². The van der Waals surface area contributed by atoms with Crippen LogP contribution >= 0.6 is 0 Å². The molecule has 1 aliphatic rings. The molecular weight excluding hydrogens is 220 g/mol. The third-order valence-corrected chi connectivity index (χ3v) is 2.62. The maximum Gasteiger partial charge on any atom is 0.274 e. The maximum absolute atomic E-state index is 12.1. The van der Waals surface area contributed by atoms with Gasteiger partial charge in [0.1, 0.15) is 5.82 Å². The molecular formula is C11H16N4O2. The summed E-state index contributed by atoms with van der Waals surface area (Å²) in [5.41, 5.74) is 5.44. The molecule has 1 aliphatic heterocycles. The lowest BCUT2D eigenvalue weighted by Gasteiger charge is -2.37. The van der Waals surface area contributed by atoms with Crippen molar-refractivity contribution < 1.29 is 9.53 Å². The number of aromatic nitrogens is 2. The lowest BCUT2D eigenvalue weighted by Crippen LogP contribution is -2.50. The van der Waals surface area contributed by atoms with Crippen molar-refractivity contribution in [3.05, 3.63) is 17.8 Å². The zero-order valence-electron chi connectivity index (χ0n) is 10.0. The molecule has 0 aromatic carbocycles. The molecule has 17 heavy (non-hydrogen) atoms. The van der Waals surface area contributed by atoms with Crippen LogP contribution in [0, 0.1) is 0 Å². The molecule has 1 aromatic rings. The second-order valence-corrected chi connectivity index (χ2v) is 4.68. The number of ether oxygens (including phenoxy) is 1. The van der Waals surface area contributed by atoms with Gasteiger partial charge in [0.15, 0.2) is 5.69 Å². The van der Waals surface area contributed by atoms with Crippen molar-refractivity contribution in [1.29, 1.82) is 0 Å². The minimum Gasteiger partial charge on any atom is -0.382 e. The Morgan fingerprint density at radius 1 is 1.47 bits per heavy atom. The fourth-order valence-corrected chi connectivity index (χ4v) is 1.81. The molecule has 2 N–H and O–H groups in total. The SMILES string of the molecule is CC1(C)CN(C(=O)c2ccc(N)nn2)CCO1. The van der Waals surface area contributed by atoms with E-state index in [4.69, 9.17) is 10.5 Å². The molecule has 92 valence electrons. The Bertz CT molecular complexity index is 416. The molecule has 1 fully saturated rings. The fourth-order valence-electron chi connectivity index (χ4n) is 1.81. The predicted octanol–water partition coefficient (Wildman–Crippen LogP) is 0.310. The van der Waals surface area contributed by atoms with Gasteiger partial charge in [0.05, 0.1) is 12.2 Å². The second-order valence-electron chi connectivity index (χ2n) is 4.68. The van der Waals surface area contributed by atoms with Crippen LogP contribution in [0.4, 0.5) is 5.82 Å². The summed E-state index contributed by atoms with van der Waals surface area (Å²) < 4.78 is 5.55. The Morgan fingerprint density at radius 3 is 2.82 bits per heavy atom. The van der Waals surface area contributed by atoms with Gasteiger partial charge in [0.25, 0.3) is 5.91 Å². The largest absolute Gasteiger partial charge is 0.382 e. The van der Waals surface area contributed by atoms with Crippen molar-refractivity contribution in [2.24, 2.45) is 0 Å². The van der Waals surface area contributed by atoms with E-state index in [1.54, 1.807) is 17.0 Å². The van der Waals surface area contributed by atoms with Gasteiger partial charge in [-0.15, -0.1) is 10.2 Å². The van der Waals surface area contributed by atoms with E-state index >= 15 is 0 Å². The van der Waals surface area contributed by atoms with Gasteiger partial charge >= 0.3 is 0 Å². The molecule has 6 nitrogen and oxygen atoms in total. The zero-order valence-corrected chi connectivity index (χ0v) is 10.0. The summed E-state index contributed by atoms with van der Waals surface area (Å²) in [7, 11) is 0. The van der Waals surface area contributed by atoms with E-state index in [9.17, 15) is 4.79 Å². The van der Waals surface area contributed by atoms with Crippen LogP contribution in [0.3, 0.4) is 0 Å². The van der Waals surface area contributed by atoms with Gasteiger partial charge in [-0.3, -0.25) is 4.79 Å². The first kappa shape index (κ1) is 11.8. The first-order valence-electron chi connectivity index (χ1n) is 5.50. The highest BCUT2D eigenvalue weighted by atomic mass is 16.5. The molecule has 0 radical (unpaired) electrons. The molecule has 0 saturated carbocycles. The van der Waals surface area contributed by atoms with Crippen molar-refractivity contribution in [3.8, 4) is 0 Å². The van der Waals surface area contributed by atoms with Crippen LogP contribution in [-0.4, -0.2) is 46.3 Å². The van der Waals surface area contributed by atoms with Gasteiger partial charge in [-0.1, -0.05) is 0 Å². The third-order valence-electron chi connectivity index (χ3n) is 2.62. The third kappa shape index (κ3) is 2.71. The number of morpholine rings is 1. The van der Waals surface area contributed by atoms with Crippen molar-refractivity contribution in [2.75, 3.05) is 25.4 Å². The number of nitrogen functional groups attached to an aromatic ring is 1. The molecule has 0 atom stereocenters. The Kier molecular flexibility index (Phi) is 2.97. The van der Waals surface area contributed by atoms with Gasteiger partial charge in [0.2, 0.25) is 0 Å². The number of hydrogen-bond acceptors (Lipinski definition) is 5. The van der Waals surface area contributed by atoms with Gasteiger partial charge in [-0.2, -0.15) is 0 Å². The van der Waals surface area contributed by atoms with Crippen LogP contribution in [0.5, 0.6) is 0 Å². The highest BCUT2D eigenvalue weighted by Crippen LogP contribution is 2.17. The van der Waals surface area contributed by atoms with Crippen LogP contribution in [0.15, 0.2) is 12.1 Å². The molecule has 0 spiro atoms. The Balaban J connectivity index is 2.12. The van der Waals surface area contributed by atoms with E-state index in [-0.39, 0.29) is 11.5 Å². The number of carbonyl (C=O) groups excluding carboxylic acids is 1. The molecule has 6 heteroatoms. The average molecular weight is 236 g/mol. The molecule has 0 unspecified atom stereocenters. The number of nitrogens with zero attached hydrogens (tertiary/aromatic N) is 3. The van der Waals surface area contributed by atoms with Crippen LogP contribution in [0.1, 0.15) is 24.3 Å². The lowest BCUT2D eigenvalue weighted by atomic mass is 10.1. The number of anilines is 1. The minimum absolute atomic E-state index is 0.131. The van der Waals surface area contributed by atoms with Gasteiger partial charge in [-0.05, 0) is 26.0 Å². The average Bonchev–Trinajstić information content (AvgIpc) is 2.28. The van der Waals surface area contributed by atoms with Crippen molar-refractivity contribution >= 4 is 11.7 Å². The van der Waals surface area contributed by atoms with E-state index in [1.807, 2.05) is 13.8 Å². The van der Waals surface area contributed by atoms with Crippen molar-refractivity contribution in [3.63, 3.8) is 0 Å². The van der Waals surface area contributed by atoms with Crippen LogP contribution in [0.25, 0.3) is 0 Å². The Morgan fingerprint density at radius 2 is 2.24 bits per heavy atom. The highest BCUT2D eigenvalue weighted by Gasteiger charge is 2.30. The number of rotatable bonds is 1. The Hall–Kier alpha value is -1.69. The smallest absolute Gasteiger partial charge is 0.274 e. The first-order valence-corrected chi connectivity index (χ1v) is 5.50. The number of hydrogen-bond donors (Lipinski definition) is 1. The Labute approximate surface area is 99.8 Å². The van der Waals surface area contributed by atoms with Gasteiger partial charge in [-0.25, -0.2) is 0 Å². The fraction of sp³-hybridized carbons (Fsp3) is 0.545. The molecule has 2 rings (SSSR count). The number of carbonyl (C=O) groups is 1. The molecule has 1 aromatic heterocycles. The normalized spacial score (nSPS) is 19.1. The topological polar surface area (TPSA) is 81.3 Å². The van der Waals surface area contributed by atoms with E-state index < -0.39 is 0 Å². The highest BCUT2D eigenvalue weighted by molar-refractivity contribution is 5.92. The van der Waals surface area contributed by atoms with E-state index in [2.05, 4.69) is 10.2 Å². The van der Waals surface area contributed by atoms with Crippen LogP contribution < -0.4 is 5.73 Å². The number of amides is 1. The monoisotopic (exact) mass is 236 g/mol. The maximum atomic E-state index is 12.1. The van der Waals surface area contributed by atoms with E-state index in [0.717, 1.165) is 0 Å². The zero-order chi connectivity index (χ0) is 12.5. The molecule has 0 aliphatic carbocycles. The molecule has 1 saturated heterocycles. The lowest BCUT2D eigenvalue weighted by molar-refractivity contribution is -0.0765. The molecule has 1 amide bonds. The number of nitrogens with two attached hydrogens (primary N) is 1.